The van der Waals surface area contributed by atoms with Crippen molar-refractivity contribution in [3.05, 3.63) is 30.6 Å². The molecule has 0 unspecified atom stereocenters. The molecule has 2 aromatic rings. The highest BCUT2D eigenvalue weighted by Crippen LogP contribution is 1.88. The Morgan fingerprint density at radius 2 is 2.50 bits per heavy atom. The number of nitrogens with one attached hydrogen (secondary N) is 2. The lowest BCUT2D eigenvalue weighted by Gasteiger charge is -2.02. The van der Waals surface area contributed by atoms with Crippen LogP contribution in [0.1, 0.15) is 5.69 Å². The van der Waals surface area contributed by atoms with Gasteiger partial charge in [0.2, 0.25) is 0 Å². The number of hydrogen-bond donors (Lipinski definition) is 2. The van der Waals surface area contributed by atoms with Crippen LogP contribution >= 0.6 is 0 Å². The molecule has 74 valence electrons. The van der Waals surface area contributed by atoms with Crippen molar-refractivity contribution in [2.24, 2.45) is 0 Å². The minimum atomic E-state index is 0.800. The van der Waals surface area contributed by atoms with Gasteiger partial charge in [0.15, 0.2) is 0 Å². The lowest BCUT2D eigenvalue weighted by molar-refractivity contribution is 0.538. The summed E-state index contributed by atoms with van der Waals surface area (Å²) >= 11 is 0. The zero-order chi connectivity index (χ0) is 9.64. The van der Waals surface area contributed by atoms with E-state index in [1.165, 1.54) is 0 Å². The fourth-order valence-corrected chi connectivity index (χ4v) is 1.15. The highest BCUT2D eigenvalue weighted by molar-refractivity contribution is 4.92. The van der Waals surface area contributed by atoms with Crippen molar-refractivity contribution in [1.82, 2.24) is 30.3 Å². The summed E-state index contributed by atoms with van der Waals surface area (Å²) in [6.07, 6.45) is 7.00. The molecule has 0 aromatic carbocycles. The molecular formula is C8H12N6. The Bertz CT molecular complexity index is 302. The van der Waals surface area contributed by atoms with Crippen LogP contribution < -0.4 is 5.32 Å². The number of imidazole rings is 1. The van der Waals surface area contributed by atoms with Gasteiger partial charge in [-0.3, -0.25) is 4.68 Å². The molecule has 2 heterocycles. The normalized spacial score (nSPS) is 10.6. The second-order valence-electron chi connectivity index (χ2n) is 2.92. The summed E-state index contributed by atoms with van der Waals surface area (Å²) in [5.74, 6) is 0. The molecule has 0 bridgehead atoms. The van der Waals surface area contributed by atoms with Gasteiger partial charge in [-0.1, -0.05) is 5.21 Å². The molecular weight excluding hydrogens is 180 g/mol. The third kappa shape index (κ3) is 2.40. The van der Waals surface area contributed by atoms with Gasteiger partial charge in [-0.15, -0.1) is 5.10 Å². The lowest BCUT2D eigenvalue weighted by atomic mass is 10.4. The number of aromatic nitrogens is 5. The maximum Gasteiger partial charge on any atom is 0.0922 e. The lowest BCUT2D eigenvalue weighted by Crippen LogP contribution is -2.19. The number of rotatable bonds is 5. The van der Waals surface area contributed by atoms with E-state index in [2.05, 4.69) is 25.6 Å². The van der Waals surface area contributed by atoms with Gasteiger partial charge in [-0.25, -0.2) is 4.98 Å². The van der Waals surface area contributed by atoms with Crippen molar-refractivity contribution in [3.63, 3.8) is 0 Å². The van der Waals surface area contributed by atoms with E-state index in [-0.39, 0.29) is 0 Å². The van der Waals surface area contributed by atoms with Crippen LogP contribution in [0, 0.1) is 0 Å². The minimum absolute atomic E-state index is 0.800. The Balaban J connectivity index is 1.65. The summed E-state index contributed by atoms with van der Waals surface area (Å²) in [4.78, 5) is 6.95. The molecule has 0 amide bonds. The van der Waals surface area contributed by atoms with Crippen LogP contribution in [0.3, 0.4) is 0 Å². The average Bonchev–Trinajstić information content (AvgIpc) is 2.86. The Hall–Kier alpha value is -1.69. The highest BCUT2D eigenvalue weighted by Gasteiger charge is 1.93. The number of H-pyrrole nitrogens is 1. The first-order chi connectivity index (χ1) is 6.95. The molecule has 0 fully saturated rings. The van der Waals surface area contributed by atoms with Crippen molar-refractivity contribution in [3.8, 4) is 0 Å². The van der Waals surface area contributed by atoms with Crippen LogP contribution in [-0.2, 0) is 13.1 Å². The third-order valence-electron chi connectivity index (χ3n) is 1.86. The van der Waals surface area contributed by atoms with E-state index in [0.29, 0.717) is 0 Å². The van der Waals surface area contributed by atoms with Gasteiger partial charge < -0.3 is 10.3 Å². The van der Waals surface area contributed by atoms with Crippen LogP contribution in [0.15, 0.2) is 24.9 Å². The average molecular weight is 192 g/mol. The number of aromatic amines is 1. The second-order valence-corrected chi connectivity index (χ2v) is 2.92. The summed E-state index contributed by atoms with van der Waals surface area (Å²) in [5, 5.41) is 10.8. The molecule has 0 saturated heterocycles. The zero-order valence-corrected chi connectivity index (χ0v) is 7.72. The fourth-order valence-electron chi connectivity index (χ4n) is 1.15. The van der Waals surface area contributed by atoms with Gasteiger partial charge in [0.25, 0.3) is 0 Å². The molecule has 0 aliphatic rings. The van der Waals surface area contributed by atoms with E-state index in [0.717, 1.165) is 25.3 Å². The monoisotopic (exact) mass is 192 g/mol. The molecule has 0 saturated carbocycles. The molecule has 0 spiro atoms. The van der Waals surface area contributed by atoms with Gasteiger partial charge >= 0.3 is 0 Å². The van der Waals surface area contributed by atoms with Gasteiger partial charge in [0, 0.05) is 31.2 Å². The van der Waals surface area contributed by atoms with Crippen molar-refractivity contribution in [2.75, 3.05) is 6.54 Å². The molecule has 6 heteroatoms. The van der Waals surface area contributed by atoms with E-state index in [9.17, 15) is 0 Å². The topological polar surface area (TPSA) is 71.4 Å². The molecule has 0 aliphatic heterocycles. The van der Waals surface area contributed by atoms with Crippen molar-refractivity contribution < 1.29 is 0 Å². The molecule has 14 heavy (non-hydrogen) atoms. The molecule has 6 nitrogen and oxygen atoms in total. The molecule has 0 aliphatic carbocycles. The summed E-state index contributed by atoms with van der Waals surface area (Å²) in [6.45, 7) is 2.49. The van der Waals surface area contributed by atoms with Crippen molar-refractivity contribution >= 4 is 0 Å². The van der Waals surface area contributed by atoms with E-state index in [1.54, 1.807) is 17.2 Å². The van der Waals surface area contributed by atoms with Crippen LogP contribution in [-0.4, -0.2) is 31.5 Å². The van der Waals surface area contributed by atoms with Gasteiger partial charge in [0.05, 0.1) is 19.1 Å². The van der Waals surface area contributed by atoms with E-state index in [4.69, 9.17) is 0 Å². The van der Waals surface area contributed by atoms with Gasteiger partial charge in [-0.2, -0.15) is 0 Å². The zero-order valence-electron chi connectivity index (χ0n) is 7.72. The Morgan fingerprint density at radius 3 is 3.21 bits per heavy atom. The summed E-state index contributed by atoms with van der Waals surface area (Å²) in [5.41, 5.74) is 1.09. The summed E-state index contributed by atoms with van der Waals surface area (Å²) in [7, 11) is 0. The predicted molar refractivity (Wildman–Crippen MR) is 50.3 cm³/mol. The van der Waals surface area contributed by atoms with E-state index >= 15 is 0 Å². The standard InChI is InChI=1S/C8H12N6/c1(3-14-4-2-12-13-14)9-5-8-6-10-7-11-8/h2,4,6-7,9H,1,3,5H2,(H,10,11). The van der Waals surface area contributed by atoms with Crippen LogP contribution in [0.2, 0.25) is 0 Å². The van der Waals surface area contributed by atoms with Crippen molar-refractivity contribution in [1.29, 1.82) is 0 Å². The first kappa shape index (κ1) is 8.89. The van der Waals surface area contributed by atoms with Crippen molar-refractivity contribution in [2.45, 2.75) is 13.1 Å². The highest BCUT2D eigenvalue weighted by atomic mass is 15.4. The van der Waals surface area contributed by atoms with Crippen LogP contribution in [0.5, 0.6) is 0 Å². The number of nitrogens with zero attached hydrogens (tertiary/aromatic N) is 4. The van der Waals surface area contributed by atoms with E-state index < -0.39 is 0 Å². The van der Waals surface area contributed by atoms with Crippen LogP contribution in [0.4, 0.5) is 0 Å². The Kier molecular flexibility index (Phi) is 2.87. The quantitative estimate of drug-likeness (QED) is 0.643. The maximum absolute atomic E-state index is 3.93. The molecule has 0 radical (unpaired) electrons. The summed E-state index contributed by atoms with van der Waals surface area (Å²) < 4.78 is 1.79. The molecule has 0 atom stereocenters. The minimum Gasteiger partial charge on any atom is -0.347 e. The first-order valence-electron chi connectivity index (χ1n) is 4.47. The smallest absolute Gasteiger partial charge is 0.0922 e. The van der Waals surface area contributed by atoms with Gasteiger partial charge in [-0.05, 0) is 0 Å². The molecule has 2 rings (SSSR count). The van der Waals surface area contributed by atoms with Gasteiger partial charge in [0.1, 0.15) is 0 Å². The molecule has 2 N–H and O–H groups in total. The molecule has 2 aromatic heterocycles. The SMILES string of the molecule is c1cn(CCNCc2cnc[nH]2)nn1. The third-order valence-corrected chi connectivity index (χ3v) is 1.86. The van der Waals surface area contributed by atoms with Crippen LogP contribution in [0.25, 0.3) is 0 Å². The Morgan fingerprint density at radius 1 is 1.50 bits per heavy atom. The summed E-state index contributed by atoms with van der Waals surface area (Å²) in [6, 6.07) is 0. The number of hydrogen-bond acceptors (Lipinski definition) is 4. The first-order valence-corrected chi connectivity index (χ1v) is 4.47. The predicted octanol–water partition coefficient (Wildman–Crippen LogP) is -0.209. The maximum atomic E-state index is 3.93. The Labute approximate surface area is 81.4 Å². The van der Waals surface area contributed by atoms with E-state index in [1.807, 2.05) is 12.4 Å². The second kappa shape index (κ2) is 4.52. The fraction of sp³-hybridized carbons (Fsp3) is 0.375. The largest absolute Gasteiger partial charge is 0.347 e.